The van der Waals surface area contributed by atoms with E-state index in [0.717, 1.165) is 6.07 Å². The van der Waals surface area contributed by atoms with E-state index in [1.807, 2.05) is 0 Å². The monoisotopic (exact) mass is 344 g/mol. The Morgan fingerprint density at radius 1 is 1.05 bits per heavy atom. The van der Waals surface area contributed by atoms with Crippen LogP contribution in [0.15, 0.2) is 36.4 Å². The lowest BCUT2D eigenvalue weighted by Gasteiger charge is -2.08. The summed E-state index contributed by atoms with van der Waals surface area (Å²) in [5, 5.41) is 14.1. The maximum atomic E-state index is 12.1. The summed E-state index contributed by atoms with van der Waals surface area (Å²) in [6, 6.07) is 8.28. The number of nitro benzene ring substituents is 1. The van der Waals surface area contributed by atoms with Crippen LogP contribution in [-0.4, -0.2) is 10.8 Å². The van der Waals surface area contributed by atoms with Gasteiger partial charge in [0.25, 0.3) is 11.6 Å². The molecule has 2 aromatic rings. The van der Waals surface area contributed by atoms with E-state index < -0.39 is 10.8 Å². The van der Waals surface area contributed by atoms with Crippen LogP contribution in [0.3, 0.4) is 0 Å². The number of anilines is 1. The number of hydrogen-bond acceptors (Lipinski definition) is 3. The van der Waals surface area contributed by atoms with Crippen molar-refractivity contribution in [2.75, 3.05) is 5.32 Å². The minimum absolute atomic E-state index is 0.0282. The molecule has 0 aliphatic rings. The third-order valence-corrected chi connectivity index (χ3v) is 3.36. The summed E-state index contributed by atoms with van der Waals surface area (Å²) in [6.45, 7) is 0. The molecule has 0 saturated carbocycles. The first-order valence-electron chi connectivity index (χ1n) is 5.59. The van der Waals surface area contributed by atoms with E-state index >= 15 is 0 Å². The first-order valence-corrected chi connectivity index (χ1v) is 6.72. The van der Waals surface area contributed by atoms with Crippen LogP contribution in [0.4, 0.5) is 11.4 Å². The standard InChI is InChI=1S/C13H7Cl3N2O3/c14-7-1-3-9(10(16)5-7)13(19)17-11-4-2-8(15)6-12(11)18(20)21/h1-6H,(H,17,19). The van der Waals surface area contributed by atoms with Crippen LogP contribution < -0.4 is 5.32 Å². The van der Waals surface area contributed by atoms with Crippen molar-refractivity contribution >= 4 is 52.1 Å². The zero-order valence-electron chi connectivity index (χ0n) is 10.3. The molecule has 0 aliphatic carbocycles. The first-order chi connectivity index (χ1) is 9.88. The molecule has 8 heteroatoms. The van der Waals surface area contributed by atoms with Gasteiger partial charge in [0.1, 0.15) is 5.69 Å². The largest absolute Gasteiger partial charge is 0.316 e. The Morgan fingerprint density at radius 2 is 1.67 bits per heavy atom. The summed E-state index contributed by atoms with van der Waals surface area (Å²) in [5.41, 5.74) is -0.119. The van der Waals surface area contributed by atoms with Crippen molar-refractivity contribution < 1.29 is 9.72 Å². The second kappa shape index (κ2) is 6.30. The Kier molecular flexibility index (Phi) is 4.67. The molecule has 108 valence electrons. The molecule has 0 aliphatic heterocycles. The molecule has 0 saturated heterocycles. The average molecular weight is 346 g/mol. The van der Waals surface area contributed by atoms with Crippen LogP contribution in [0.1, 0.15) is 10.4 Å². The molecular formula is C13H7Cl3N2O3. The van der Waals surface area contributed by atoms with E-state index in [0.29, 0.717) is 5.02 Å². The van der Waals surface area contributed by atoms with Crippen LogP contribution in [-0.2, 0) is 0 Å². The summed E-state index contributed by atoms with van der Waals surface area (Å²) in [5.74, 6) is -0.581. The zero-order valence-corrected chi connectivity index (χ0v) is 12.5. The van der Waals surface area contributed by atoms with Gasteiger partial charge >= 0.3 is 0 Å². The molecule has 21 heavy (non-hydrogen) atoms. The predicted octanol–water partition coefficient (Wildman–Crippen LogP) is 4.81. The number of rotatable bonds is 3. The van der Waals surface area contributed by atoms with Gasteiger partial charge in [-0.05, 0) is 30.3 Å². The lowest BCUT2D eigenvalue weighted by Crippen LogP contribution is -2.13. The molecular weight excluding hydrogens is 339 g/mol. The smallest absolute Gasteiger partial charge is 0.294 e. The van der Waals surface area contributed by atoms with E-state index in [1.165, 1.54) is 30.3 Å². The Balaban J connectivity index is 2.34. The molecule has 0 bridgehead atoms. The van der Waals surface area contributed by atoms with Crippen LogP contribution >= 0.6 is 34.8 Å². The van der Waals surface area contributed by atoms with Crippen molar-refractivity contribution in [3.63, 3.8) is 0 Å². The molecule has 1 N–H and O–H groups in total. The molecule has 0 heterocycles. The van der Waals surface area contributed by atoms with Gasteiger partial charge < -0.3 is 5.32 Å². The summed E-state index contributed by atoms with van der Waals surface area (Å²) >= 11 is 17.4. The number of hydrogen-bond donors (Lipinski definition) is 1. The number of benzene rings is 2. The number of halogens is 3. The quantitative estimate of drug-likeness (QED) is 0.641. The van der Waals surface area contributed by atoms with Crippen molar-refractivity contribution in [2.24, 2.45) is 0 Å². The van der Waals surface area contributed by atoms with E-state index in [9.17, 15) is 14.9 Å². The fourth-order valence-electron chi connectivity index (χ4n) is 1.62. The number of nitrogens with one attached hydrogen (secondary N) is 1. The van der Waals surface area contributed by atoms with Crippen molar-refractivity contribution in [1.29, 1.82) is 0 Å². The Morgan fingerprint density at radius 3 is 2.29 bits per heavy atom. The van der Waals surface area contributed by atoms with E-state index in [4.69, 9.17) is 34.8 Å². The zero-order chi connectivity index (χ0) is 15.6. The molecule has 1 amide bonds. The molecule has 0 aromatic heterocycles. The highest BCUT2D eigenvalue weighted by Crippen LogP contribution is 2.29. The van der Waals surface area contributed by atoms with Crippen molar-refractivity contribution in [3.8, 4) is 0 Å². The van der Waals surface area contributed by atoms with E-state index in [2.05, 4.69) is 5.32 Å². The number of amides is 1. The van der Waals surface area contributed by atoms with Gasteiger partial charge in [-0.2, -0.15) is 0 Å². The third-order valence-electron chi connectivity index (χ3n) is 2.58. The van der Waals surface area contributed by atoms with Gasteiger partial charge in [-0.1, -0.05) is 34.8 Å². The molecule has 2 aromatic carbocycles. The Bertz CT molecular complexity index is 735. The fourth-order valence-corrected chi connectivity index (χ4v) is 2.29. The highest BCUT2D eigenvalue weighted by atomic mass is 35.5. The summed E-state index contributed by atoms with van der Waals surface area (Å²) < 4.78 is 0. The third kappa shape index (κ3) is 3.64. The maximum absolute atomic E-state index is 12.1. The topological polar surface area (TPSA) is 72.2 Å². The molecule has 0 fully saturated rings. The Labute approximate surface area is 134 Å². The molecule has 2 rings (SSSR count). The van der Waals surface area contributed by atoms with Crippen LogP contribution in [0.2, 0.25) is 15.1 Å². The number of carbonyl (C=O) groups excluding carboxylic acids is 1. The SMILES string of the molecule is O=C(Nc1ccc(Cl)cc1[N+](=O)[O-])c1ccc(Cl)cc1Cl. The number of nitrogens with zero attached hydrogens (tertiary/aromatic N) is 1. The summed E-state index contributed by atoms with van der Waals surface area (Å²) in [6.07, 6.45) is 0. The van der Waals surface area contributed by atoms with Crippen molar-refractivity contribution in [2.45, 2.75) is 0 Å². The van der Waals surface area contributed by atoms with Gasteiger partial charge in [0.15, 0.2) is 0 Å². The maximum Gasteiger partial charge on any atom is 0.294 e. The fraction of sp³-hybridized carbons (Fsp3) is 0. The second-order valence-electron chi connectivity index (χ2n) is 4.00. The normalized spacial score (nSPS) is 10.2. The van der Waals surface area contributed by atoms with Crippen LogP contribution in [0.25, 0.3) is 0 Å². The molecule has 0 radical (unpaired) electrons. The predicted molar refractivity (Wildman–Crippen MR) is 82.5 cm³/mol. The van der Waals surface area contributed by atoms with E-state index in [-0.39, 0.29) is 27.0 Å². The highest BCUT2D eigenvalue weighted by Gasteiger charge is 2.18. The van der Waals surface area contributed by atoms with Gasteiger partial charge in [0, 0.05) is 16.1 Å². The summed E-state index contributed by atoms with van der Waals surface area (Å²) in [7, 11) is 0. The lowest BCUT2D eigenvalue weighted by molar-refractivity contribution is -0.383. The number of nitro groups is 1. The minimum Gasteiger partial charge on any atom is -0.316 e. The van der Waals surface area contributed by atoms with Gasteiger partial charge in [-0.15, -0.1) is 0 Å². The Hall–Kier alpha value is -1.82. The number of carbonyl (C=O) groups is 1. The summed E-state index contributed by atoms with van der Waals surface area (Å²) in [4.78, 5) is 22.4. The second-order valence-corrected chi connectivity index (χ2v) is 5.28. The van der Waals surface area contributed by atoms with Gasteiger partial charge in [-0.3, -0.25) is 14.9 Å². The molecule has 0 spiro atoms. The minimum atomic E-state index is -0.634. The average Bonchev–Trinajstić information content (AvgIpc) is 2.40. The van der Waals surface area contributed by atoms with Gasteiger partial charge in [-0.25, -0.2) is 0 Å². The molecule has 0 atom stereocenters. The first kappa shape index (κ1) is 15.6. The van der Waals surface area contributed by atoms with Crippen molar-refractivity contribution in [1.82, 2.24) is 0 Å². The van der Waals surface area contributed by atoms with Crippen molar-refractivity contribution in [3.05, 3.63) is 67.1 Å². The molecule has 0 unspecified atom stereocenters. The van der Waals surface area contributed by atoms with Crippen LogP contribution in [0.5, 0.6) is 0 Å². The van der Waals surface area contributed by atoms with E-state index in [1.54, 1.807) is 0 Å². The highest BCUT2D eigenvalue weighted by molar-refractivity contribution is 6.37. The molecule has 5 nitrogen and oxygen atoms in total. The van der Waals surface area contributed by atoms with Gasteiger partial charge in [0.2, 0.25) is 0 Å². The lowest BCUT2D eigenvalue weighted by atomic mass is 10.2. The van der Waals surface area contributed by atoms with Gasteiger partial charge in [0.05, 0.1) is 15.5 Å². The van der Waals surface area contributed by atoms with Crippen LogP contribution in [0, 0.1) is 10.1 Å².